The Morgan fingerprint density at radius 3 is 2.45 bits per heavy atom. The normalized spacial score (nSPS) is 26.0. The molecule has 0 radical (unpaired) electrons. The molecule has 1 saturated carbocycles. The highest BCUT2D eigenvalue weighted by Gasteiger charge is 2.36. The summed E-state index contributed by atoms with van der Waals surface area (Å²) in [5.74, 6) is 0.577. The first-order valence-corrected chi connectivity index (χ1v) is 11.2. The van der Waals surface area contributed by atoms with Gasteiger partial charge in [-0.25, -0.2) is 4.39 Å². The van der Waals surface area contributed by atoms with E-state index in [-0.39, 0.29) is 17.6 Å². The summed E-state index contributed by atoms with van der Waals surface area (Å²) in [6.45, 7) is 4.19. The molecule has 2 aliphatic heterocycles. The fourth-order valence-electron chi connectivity index (χ4n) is 5.32. The van der Waals surface area contributed by atoms with Crippen molar-refractivity contribution in [2.24, 2.45) is 5.92 Å². The molecule has 2 amide bonds. The number of carbonyl (C=O) groups is 2. The van der Waals surface area contributed by atoms with E-state index >= 15 is 0 Å². The van der Waals surface area contributed by atoms with Gasteiger partial charge in [0.05, 0.1) is 6.54 Å². The molecule has 158 valence electrons. The van der Waals surface area contributed by atoms with Gasteiger partial charge in [-0.2, -0.15) is 0 Å². The summed E-state index contributed by atoms with van der Waals surface area (Å²) in [5, 5.41) is 0. The Balaban J connectivity index is 1.32. The summed E-state index contributed by atoms with van der Waals surface area (Å²) >= 11 is 0. The third-order valence-corrected chi connectivity index (χ3v) is 6.89. The van der Waals surface area contributed by atoms with E-state index in [9.17, 15) is 14.0 Å². The fourth-order valence-corrected chi connectivity index (χ4v) is 5.32. The Hall–Kier alpha value is -1.95. The Kier molecular flexibility index (Phi) is 6.48. The van der Waals surface area contributed by atoms with Crippen LogP contribution in [-0.2, 0) is 4.79 Å². The summed E-state index contributed by atoms with van der Waals surface area (Å²) in [7, 11) is 0. The van der Waals surface area contributed by atoms with Gasteiger partial charge in [-0.15, -0.1) is 0 Å². The minimum absolute atomic E-state index is 0.0562. The topological polar surface area (TPSA) is 43.9 Å². The molecule has 3 fully saturated rings. The van der Waals surface area contributed by atoms with Gasteiger partial charge in [0, 0.05) is 44.3 Å². The molecule has 0 aromatic heterocycles. The highest BCUT2D eigenvalue weighted by atomic mass is 19.1. The number of carbonyl (C=O) groups excluding carboxylic acids is 2. The number of amides is 2. The van der Waals surface area contributed by atoms with Crippen molar-refractivity contribution in [2.75, 3.05) is 39.3 Å². The second-order valence-electron chi connectivity index (χ2n) is 8.77. The first-order valence-electron chi connectivity index (χ1n) is 11.2. The summed E-state index contributed by atoms with van der Waals surface area (Å²) in [4.78, 5) is 32.0. The maximum absolute atomic E-state index is 13.1. The van der Waals surface area contributed by atoms with Gasteiger partial charge >= 0.3 is 0 Å². The number of halogens is 1. The van der Waals surface area contributed by atoms with Gasteiger partial charge in [0.1, 0.15) is 5.82 Å². The first kappa shape index (κ1) is 20.3. The zero-order chi connectivity index (χ0) is 20.2. The third-order valence-electron chi connectivity index (χ3n) is 6.89. The number of piperidine rings is 1. The van der Waals surface area contributed by atoms with Gasteiger partial charge in [0.25, 0.3) is 5.91 Å². The number of hydrogen-bond acceptors (Lipinski definition) is 3. The molecule has 2 atom stereocenters. The molecule has 5 nitrogen and oxygen atoms in total. The van der Waals surface area contributed by atoms with E-state index in [4.69, 9.17) is 0 Å². The highest BCUT2D eigenvalue weighted by molar-refractivity contribution is 5.94. The van der Waals surface area contributed by atoms with E-state index in [0.29, 0.717) is 43.7 Å². The lowest BCUT2D eigenvalue weighted by Crippen LogP contribution is -2.52. The van der Waals surface area contributed by atoms with Crippen molar-refractivity contribution in [3.63, 3.8) is 0 Å². The molecule has 0 N–H and O–H groups in total. The van der Waals surface area contributed by atoms with Crippen LogP contribution in [0, 0.1) is 11.7 Å². The average molecular weight is 402 g/mol. The lowest BCUT2D eigenvalue weighted by molar-refractivity contribution is -0.138. The van der Waals surface area contributed by atoms with Crippen LogP contribution in [0.2, 0.25) is 0 Å². The van der Waals surface area contributed by atoms with Crippen molar-refractivity contribution in [1.29, 1.82) is 0 Å². The van der Waals surface area contributed by atoms with Gasteiger partial charge in [-0.1, -0.05) is 12.8 Å². The van der Waals surface area contributed by atoms with Crippen LogP contribution in [0.25, 0.3) is 0 Å². The molecule has 2 unspecified atom stereocenters. The maximum Gasteiger partial charge on any atom is 0.253 e. The van der Waals surface area contributed by atoms with Gasteiger partial charge < -0.3 is 9.80 Å². The van der Waals surface area contributed by atoms with Gasteiger partial charge in [0.15, 0.2) is 0 Å². The van der Waals surface area contributed by atoms with Crippen LogP contribution in [0.4, 0.5) is 4.39 Å². The third kappa shape index (κ3) is 4.80. The Labute approximate surface area is 172 Å². The van der Waals surface area contributed by atoms with E-state index in [1.54, 1.807) is 12.1 Å². The van der Waals surface area contributed by atoms with Gasteiger partial charge in [0.2, 0.25) is 5.91 Å². The predicted octanol–water partition coefficient (Wildman–Crippen LogP) is 3.15. The molecule has 1 aromatic rings. The number of hydrogen-bond donors (Lipinski definition) is 0. The Bertz CT molecular complexity index is 721. The SMILES string of the molecule is O=C(c1ccc(F)cc1)N1CCCN(CC(=O)N2CCCC3CCCCC32)CC1. The molecule has 6 heteroatoms. The predicted molar refractivity (Wildman–Crippen MR) is 110 cm³/mol. The van der Waals surface area contributed by atoms with Crippen molar-refractivity contribution < 1.29 is 14.0 Å². The van der Waals surface area contributed by atoms with E-state index in [1.807, 2.05) is 4.90 Å². The number of nitrogens with zero attached hydrogens (tertiary/aromatic N) is 3. The second kappa shape index (κ2) is 9.24. The highest BCUT2D eigenvalue weighted by Crippen LogP contribution is 2.35. The lowest BCUT2D eigenvalue weighted by atomic mass is 9.78. The van der Waals surface area contributed by atoms with Crippen LogP contribution in [0.1, 0.15) is 55.3 Å². The van der Waals surface area contributed by atoms with E-state index in [1.165, 1.54) is 37.8 Å². The molecule has 1 aromatic carbocycles. The maximum atomic E-state index is 13.1. The number of likely N-dealkylation sites (tertiary alicyclic amines) is 1. The molecular formula is C23H32FN3O2. The first-order chi connectivity index (χ1) is 14.1. The molecule has 3 aliphatic rings. The van der Waals surface area contributed by atoms with Crippen LogP contribution in [0.5, 0.6) is 0 Å². The largest absolute Gasteiger partial charge is 0.338 e. The monoisotopic (exact) mass is 401 g/mol. The minimum Gasteiger partial charge on any atom is -0.338 e. The smallest absolute Gasteiger partial charge is 0.253 e. The molecule has 0 bridgehead atoms. The molecule has 1 aliphatic carbocycles. The molecule has 2 heterocycles. The van der Waals surface area contributed by atoms with Crippen LogP contribution >= 0.6 is 0 Å². The van der Waals surface area contributed by atoms with Crippen molar-refractivity contribution in [3.8, 4) is 0 Å². The molecule has 0 spiro atoms. The van der Waals surface area contributed by atoms with Crippen molar-refractivity contribution in [2.45, 2.75) is 51.0 Å². The molecule has 29 heavy (non-hydrogen) atoms. The van der Waals surface area contributed by atoms with Crippen molar-refractivity contribution in [1.82, 2.24) is 14.7 Å². The number of fused-ring (bicyclic) bond motifs is 1. The fraction of sp³-hybridized carbons (Fsp3) is 0.652. The summed E-state index contributed by atoms with van der Waals surface area (Å²) in [6, 6.07) is 6.19. The van der Waals surface area contributed by atoms with Crippen LogP contribution in [0.15, 0.2) is 24.3 Å². The number of benzene rings is 1. The minimum atomic E-state index is -0.333. The zero-order valence-corrected chi connectivity index (χ0v) is 17.2. The average Bonchev–Trinajstić information content (AvgIpc) is 2.99. The van der Waals surface area contributed by atoms with Crippen molar-refractivity contribution >= 4 is 11.8 Å². The zero-order valence-electron chi connectivity index (χ0n) is 17.2. The van der Waals surface area contributed by atoms with Crippen LogP contribution in [-0.4, -0.2) is 71.8 Å². The second-order valence-corrected chi connectivity index (χ2v) is 8.77. The lowest BCUT2D eigenvalue weighted by Gasteiger charge is -2.44. The number of rotatable bonds is 3. The summed E-state index contributed by atoms with van der Waals surface area (Å²) in [6.07, 6.45) is 8.26. The van der Waals surface area contributed by atoms with E-state index < -0.39 is 0 Å². The van der Waals surface area contributed by atoms with Crippen LogP contribution in [0.3, 0.4) is 0 Å². The molecule has 4 rings (SSSR count). The van der Waals surface area contributed by atoms with Gasteiger partial charge in [-0.05, 0) is 62.3 Å². The quantitative estimate of drug-likeness (QED) is 0.782. The summed E-state index contributed by atoms with van der Waals surface area (Å²) in [5.41, 5.74) is 0.521. The van der Waals surface area contributed by atoms with Gasteiger partial charge in [-0.3, -0.25) is 14.5 Å². The van der Waals surface area contributed by atoms with Crippen molar-refractivity contribution in [3.05, 3.63) is 35.6 Å². The van der Waals surface area contributed by atoms with Crippen LogP contribution < -0.4 is 0 Å². The summed E-state index contributed by atoms with van der Waals surface area (Å²) < 4.78 is 13.1. The standard InChI is InChI=1S/C23H32FN3O2/c24-20-10-8-19(9-11-20)23(29)26-13-4-12-25(15-16-26)17-22(28)27-14-3-6-18-5-1-2-7-21(18)27/h8-11,18,21H,1-7,12-17H2. The van der Waals surface area contributed by atoms with E-state index in [0.717, 1.165) is 32.4 Å². The Morgan fingerprint density at radius 1 is 0.862 bits per heavy atom. The Morgan fingerprint density at radius 2 is 1.62 bits per heavy atom. The molecule has 2 saturated heterocycles. The molecular weight excluding hydrogens is 369 g/mol. The van der Waals surface area contributed by atoms with E-state index in [2.05, 4.69) is 9.80 Å².